The lowest BCUT2D eigenvalue weighted by atomic mass is 10.2. The minimum absolute atomic E-state index is 0.118. The summed E-state index contributed by atoms with van der Waals surface area (Å²) >= 11 is 5.02. The number of hydrazone groups is 1. The fraction of sp³-hybridized carbons (Fsp3) is 0.160. The van der Waals surface area contributed by atoms with Crippen molar-refractivity contribution in [1.29, 1.82) is 0 Å². The van der Waals surface area contributed by atoms with Crippen molar-refractivity contribution >= 4 is 51.4 Å². The van der Waals surface area contributed by atoms with E-state index in [1.165, 1.54) is 11.8 Å². The summed E-state index contributed by atoms with van der Waals surface area (Å²) in [4.78, 5) is 24.0. The molecule has 0 bridgehead atoms. The van der Waals surface area contributed by atoms with Gasteiger partial charge in [0, 0.05) is 15.9 Å². The number of methoxy groups -OCH3 is 1. The van der Waals surface area contributed by atoms with E-state index >= 15 is 0 Å². The van der Waals surface area contributed by atoms with Crippen LogP contribution in [0.4, 0.5) is 5.69 Å². The Morgan fingerprint density at radius 2 is 1.68 bits per heavy atom. The van der Waals surface area contributed by atoms with Crippen molar-refractivity contribution in [3.63, 3.8) is 0 Å². The number of ether oxygens (including phenoxy) is 2. The summed E-state index contributed by atoms with van der Waals surface area (Å²) in [6.07, 6.45) is 1.55. The Bertz CT molecular complexity index is 1120. The predicted molar refractivity (Wildman–Crippen MR) is 140 cm³/mol. The topological polar surface area (TPSA) is 89.0 Å². The second-order valence-electron chi connectivity index (χ2n) is 7.01. The highest BCUT2D eigenvalue weighted by Crippen LogP contribution is 2.21. The Hall–Kier alpha value is -3.30. The van der Waals surface area contributed by atoms with Crippen molar-refractivity contribution < 1.29 is 19.1 Å². The molecule has 0 aliphatic rings. The van der Waals surface area contributed by atoms with Crippen molar-refractivity contribution in [3.05, 3.63) is 88.4 Å². The number of halogens is 1. The number of thioether (sulfide) groups is 1. The van der Waals surface area contributed by atoms with E-state index < -0.39 is 0 Å². The first-order valence-corrected chi connectivity index (χ1v) is 12.3. The van der Waals surface area contributed by atoms with Crippen molar-refractivity contribution in [2.45, 2.75) is 5.75 Å². The first-order valence-electron chi connectivity index (χ1n) is 10.3. The van der Waals surface area contributed by atoms with Crippen LogP contribution in [0.3, 0.4) is 0 Å². The number of benzene rings is 3. The molecule has 0 saturated carbocycles. The van der Waals surface area contributed by atoms with E-state index in [9.17, 15) is 9.59 Å². The van der Waals surface area contributed by atoms with E-state index in [1.54, 1.807) is 61.9 Å². The summed E-state index contributed by atoms with van der Waals surface area (Å²) in [5.41, 5.74) is 5.12. The maximum absolute atomic E-state index is 12.1. The van der Waals surface area contributed by atoms with Crippen molar-refractivity contribution in [3.8, 4) is 11.5 Å². The second-order valence-corrected chi connectivity index (χ2v) is 8.85. The molecule has 2 amide bonds. The summed E-state index contributed by atoms with van der Waals surface area (Å²) in [5, 5.41) is 6.74. The molecule has 0 saturated heterocycles. The molecule has 0 fully saturated rings. The van der Waals surface area contributed by atoms with Crippen LogP contribution in [-0.2, 0) is 15.3 Å². The van der Waals surface area contributed by atoms with Crippen LogP contribution in [0.5, 0.6) is 11.5 Å². The Labute approximate surface area is 211 Å². The molecular formula is C25H24BrN3O4S. The molecular weight excluding hydrogens is 518 g/mol. The van der Waals surface area contributed by atoms with Gasteiger partial charge in [-0.3, -0.25) is 9.59 Å². The molecule has 0 atom stereocenters. The van der Waals surface area contributed by atoms with Crippen LogP contribution in [0.1, 0.15) is 11.1 Å². The van der Waals surface area contributed by atoms with Gasteiger partial charge in [-0.05, 0) is 65.7 Å². The SMILES string of the molecule is COc1ccc(NC(=O)COc2ccc(/C=N\NC(=O)CSCc3ccccc3Br)cc2)cc1. The summed E-state index contributed by atoms with van der Waals surface area (Å²) in [6, 6.07) is 22.0. The van der Waals surface area contributed by atoms with Gasteiger partial charge in [0.1, 0.15) is 11.5 Å². The number of carbonyl (C=O) groups is 2. The zero-order chi connectivity index (χ0) is 24.2. The Kier molecular flexibility index (Phi) is 9.99. The number of nitrogens with zero attached hydrogens (tertiary/aromatic N) is 1. The summed E-state index contributed by atoms with van der Waals surface area (Å²) < 4.78 is 11.6. The zero-order valence-electron chi connectivity index (χ0n) is 18.5. The third kappa shape index (κ3) is 8.57. The lowest BCUT2D eigenvalue weighted by Crippen LogP contribution is -2.20. The lowest BCUT2D eigenvalue weighted by Gasteiger charge is -2.08. The van der Waals surface area contributed by atoms with E-state index in [1.807, 2.05) is 24.3 Å². The molecule has 0 aromatic heterocycles. The van der Waals surface area contributed by atoms with Crippen LogP contribution in [-0.4, -0.2) is 37.5 Å². The van der Waals surface area contributed by atoms with E-state index in [2.05, 4.69) is 31.8 Å². The van der Waals surface area contributed by atoms with Crippen LogP contribution in [0.2, 0.25) is 0 Å². The maximum atomic E-state index is 12.1. The Morgan fingerprint density at radius 1 is 0.971 bits per heavy atom. The van der Waals surface area contributed by atoms with E-state index in [-0.39, 0.29) is 18.4 Å². The number of hydrogen-bond donors (Lipinski definition) is 2. The van der Waals surface area contributed by atoms with E-state index in [0.29, 0.717) is 22.9 Å². The average molecular weight is 542 g/mol. The molecule has 0 radical (unpaired) electrons. The standard InChI is InChI=1S/C25H24BrN3O4S/c1-32-21-12-8-20(9-13-21)28-24(30)15-33-22-10-6-18(7-11-22)14-27-29-25(31)17-34-16-19-4-2-3-5-23(19)26/h2-14H,15-17H2,1H3,(H,28,30)(H,29,31)/b27-14-. The van der Waals surface area contributed by atoms with Gasteiger partial charge in [-0.25, -0.2) is 5.43 Å². The van der Waals surface area contributed by atoms with Gasteiger partial charge < -0.3 is 14.8 Å². The summed E-state index contributed by atoms with van der Waals surface area (Å²) in [7, 11) is 1.58. The third-order valence-electron chi connectivity index (χ3n) is 4.48. The van der Waals surface area contributed by atoms with Crippen LogP contribution < -0.4 is 20.2 Å². The van der Waals surface area contributed by atoms with Crippen LogP contribution in [0.25, 0.3) is 0 Å². The number of amides is 2. The van der Waals surface area contributed by atoms with Crippen LogP contribution >= 0.6 is 27.7 Å². The highest BCUT2D eigenvalue weighted by atomic mass is 79.9. The Morgan fingerprint density at radius 3 is 2.38 bits per heavy atom. The zero-order valence-corrected chi connectivity index (χ0v) is 20.9. The van der Waals surface area contributed by atoms with Crippen molar-refractivity contribution in [2.75, 3.05) is 24.8 Å². The molecule has 0 unspecified atom stereocenters. The highest BCUT2D eigenvalue weighted by molar-refractivity contribution is 9.10. The largest absolute Gasteiger partial charge is 0.497 e. The number of nitrogens with one attached hydrogen (secondary N) is 2. The molecule has 3 aromatic rings. The number of carbonyl (C=O) groups excluding carboxylic acids is 2. The average Bonchev–Trinajstić information content (AvgIpc) is 2.85. The smallest absolute Gasteiger partial charge is 0.262 e. The summed E-state index contributed by atoms with van der Waals surface area (Å²) in [6.45, 7) is -0.118. The van der Waals surface area contributed by atoms with Gasteiger partial charge >= 0.3 is 0 Å². The molecule has 9 heteroatoms. The normalized spacial score (nSPS) is 10.6. The van der Waals surface area contributed by atoms with Gasteiger partial charge in [-0.1, -0.05) is 34.1 Å². The number of anilines is 1. The fourth-order valence-electron chi connectivity index (χ4n) is 2.75. The molecule has 7 nitrogen and oxygen atoms in total. The fourth-order valence-corrected chi connectivity index (χ4v) is 4.18. The molecule has 3 aromatic carbocycles. The highest BCUT2D eigenvalue weighted by Gasteiger charge is 2.05. The quantitative estimate of drug-likeness (QED) is 0.267. The lowest BCUT2D eigenvalue weighted by molar-refractivity contribution is -0.119. The number of rotatable bonds is 11. The van der Waals surface area contributed by atoms with Crippen molar-refractivity contribution in [2.24, 2.45) is 5.10 Å². The molecule has 0 aliphatic carbocycles. The second kappa shape index (κ2) is 13.4. The van der Waals surface area contributed by atoms with Crippen LogP contribution in [0.15, 0.2) is 82.4 Å². The van der Waals surface area contributed by atoms with Gasteiger partial charge in [0.05, 0.1) is 19.1 Å². The molecule has 34 heavy (non-hydrogen) atoms. The molecule has 0 aliphatic heterocycles. The monoisotopic (exact) mass is 541 g/mol. The molecule has 2 N–H and O–H groups in total. The van der Waals surface area contributed by atoms with Gasteiger partial charge in [0.2, 0.25) is 5.91 Å². The third-order valence-corrected chi connectivity index (χ3v) is 6.23. The first kappa shape index (κ1) is 25.3. The van der Waals surface area contributed by atoms with Gasteiger partial charge in [0.15, 0.2) is 6.61 Å². The maximum Gasteiger partial charge on any atom is 0.262 e. The van der Waals surface area contributed by atoms with E-state index in [0.717, 1.165) is 21.4 Å². The molecule has 3 rings (SSSR count). The van der Waals surface area contributed by atoms with Gasteiger partial charge in [-0.15, -0.1) is 11.8 Å². The minimum Gasteiger partial charge on any atom is -0.497 e. The first-order chi connectivity index (χ1) is 16.5. The Balaban J connectivity index is 1.36. The van der Waals surface area contributed by atoms with Gasteiger partial charge in [0.25, 0.3) is 5.91 Å². The molecule has 0 spiro atoms. The van der Waals surface area contributed by atoms with Gasteiger partial charge in [-0.2, -0.15) is 5.10 Å². The van der Waals surface area contributed by atoms with Crippen molar-refractivity contribution in [1.82, 2.24) is 5.43 Å². The minimum atomic E-state index is -0.268. The van der Waals surface area contributed by atoms with Crippen LogP contribution in [0, 0.1) is 0 Å². The molecule has 0 heterocycles. The molecule has 176 valence electrons. The van der Waals surface area contributed by atoms with E-state index in [4.69, 9.17) is 9.47 Å². The number of hydrogen-bond acceptors (Lipinski definition) is 6. The predicted octanol–water partition coefficient (Wildman–Crippen LogP) is 4.86. The summed E-state index contributed by atoms with van der Waals surface area (Å²) in [5.74, 6) is 1.87.